The third kappa shape index (κ3) is 2.27. The fourth-order valence-electron chi connectivity index (χ4n) is 0.904. The summed E-state index contributed by atoms with van der Waals surface area (Å²) in [6.45, 7) is 0. The Morgan fingerprint density at radius 3 is 2.14 bits per heavy atom. The molecule has 0 aliphatic rings. The number of halogens is 5. The summed E-state index contributed by atoms with van der Waals surface area (Å²) in [7, 11) is 0. The molecular formula is C8H5F5O. The van der Waals surface area contributed by atoms with Crippen LogP contribution in [0.1, 0.15) is 15.9 Å². The second-order valence-electron chi connectivity index (χ2n) is 2.32. The maximum absolute atomic E-state index is 12.6. The number of hydrogen-bond donors (Lipinski definition) is 0. The van der Waals surface area contributed by atoms with Crippen molar-refractivity contribution in [3.63, 3.8) is 0 Å². The minimum absolute atomic E-state index is 0. The second-order valence-corrected chi connectivity index (χ2v) is 2.32. The number of carbonyl (C=O) groups excluding carboxylic acids is 1. The van der Waals surface area contributed by atoms with E-state index in [4.69, 9.17) is 0 Å². The molecule has 1 aromatic carbocycles. The van der Waals surface area contributed by atoms with Gasteiger partial charge in [-0.3, -0.25) is 9.50 Å². The van der Waals surface area contributed by atoms with E-state index in [2.05, 4.69) is 0 Å². The van der Waals surface area contributed by atoms with E-state index in [0.29, 0.717) is 6.07 Å². The monoisotopic (exact) mass is 212 g/mol. The smallest absolute Gasteiger partial charge is 0.298 e. The first-order valence-corrected chi connectivity index (χ1v) is 3.27. The van der Waals surface area contributed by atoms with E-state index in [0.717, 1.165) is 12.1 Å². The predicted octanol–water partition coefficient (Wildman–Crippen LogP) is 2.81. The Labute approximate surface area is 75.7 Å². The molecular weight excluding hydrogens is 207 g/mol. The van der Waals surface area contributed by atoms with Gasteiger partial charge in [-0.1, -0.05) is 6.07 Å². The van der Waals surface area contributed by atoms with Crippen LogP contribution in [0.15, 0.2) is 18.2 Å². The van der Waals surface area contributed by atoms with Crippen LogP contribution in [0.4, 0.5) is 22.3 Å². The average Bonchev–Trinajstić information content (AvgIpc) is 2.02. The maximum atomic E-state index is 12.6. The first-order valence-electron chi connectivity index (χ1n) is 3.27. The van der Waals surface area contributed by atoms with Crippen molar-refractivity contribution in [1.82, 2.24) is 0 Å². The van der Waals surface area contributed by atoms with Crippen molar-refractivity contribution in [2.24, 2.45) is 0 Å². The molecule has 0 fully saturated rings. The largest absolute Gasteiger partial charge is 0.417 e. The molecule has 0 unspecified atom stereocenters. The molecule has 1 aromatic rings. The fourth-order valence-corrected chi connectivity index (χ4v) is 0.904. The first kappa shape index (κ1) is 12.5. The Kier molecular flexibility index (Phi) is 3.73. The van der Waals surface area contributed by atoms with Crippen LogP contribution in [0, 0.1) is 5.82 Å². The summed E-state index contributed by atoms with van der Waals surface area (Å²) in [6.07, 6.45) is -4.84. The van der Waals surface area contributed by atoms with Gasteiger partial charge >= 0.3 is 6.18 Å². The molecule has 6 heteroatoms. The van der Waals surface area contributed by atoms with Crippen molar-refractivity contribution in [3.8, 4) is 0 Å². The highest BCUT2D eigenvalue weighted by atomic mass is 19.4. The highest BCUT2D eigenvalue weighted by molar-refractivity contribution is 5.78. The molecule has 1 nitrogen and oxygen atoms in total. The van der Waals surface area contributed by atoms with Crippen molar-refractivity contribution >= 4 is 6.29 Å². The molecule has 0 amide bonds. The fraction of sp³-hybridized carbons (Fsp3) is 0.125. The van der Waals surface area contributed by atoms with E-state index in [1.54, 1.807) is 0 Å². The Balaban J connectivity index is 0.00000169. The van der Waals surface area contributed by atoms with Crippen LogP contribution in [-0.4, -0.2) is 6.29 Å². The molecule has 0 atom stereocenters. The molecule has 1 rings (SSSR count). The molecule has 78 valence electrons. The lowest BCUT2D eigenvalue weighted by atomic mass is 10.1. The number of aldehydes is 1. The standard InChI is InChI=1S/C8H4F4O.FH/c9-7-3-1-2-6(5(7)4-13)8(10,11)12;/h1-4H;1H. The van der Waals surface area contributed by atoms with Crippen LogP contribution in [0.3, 0.4) is 0 Å². The zero-order valence-corrected chi connectivity index (χ0v) is 6.64. The molecule has 14 heavy (non-hydrogen) atoms. The van der Waals surface area contributed by atoms with Crippen molar-refractivity contribution in [2.45, 2.75) is 6.18 Å². The summed E-state index contributed by atoms with van der Waals surface area (Å²) >= 11 is 0. The number of rotatable bonds is 1. The van der Waals surface area contributed by atoms with Crippen LogP contribution >= 0.6 is 0 Å². The number of benzene rings is 1. The molecule has 0 saturated heterocycles. The molecule has 0 aliphatic heterocycles. The van der Waals surface area contributed by atoms with Gasteiger partial charge in [0, 0.05) is 0 Å². The van der Waals surface area contributed by atoms with Crippen molar-refractivity contribution in [2.75, 3.05) is 0 Å². The van der Waals surface area contributed by atoms with Crippen LogP contribution in [0.25, 0.3) is 0 Å². The minimum Gasteiger partial charge on any atom is -0.298 e. The van der Waals surface area contributed by atoms with Crippen LogP contribution in [-0.2, 0) is 6.18 Å². The third-order valence-electron chi connectivity index (χ3n) is 1.48. The first-order chi connectivity index (χ1) is 5.96. The molecule has 0 heterocycles. The summed E-state index contributed by atoms with van der Waals surface area (Å²) < 4.78 is 48.9. The lowest BCUT2D eigenvalue weighted by Crippen LogP contribution is -2.10. The highest BCUT2D eigenvalue weighted by Gasteiger charge is 2.34. The van der Waals surface area contributed by atoms with Crippen molar-refractivity contribution in [1.29, 1.82) is 0 Å². The lowest BCUT2D eigenvalue weighted by Gasteiger charge is -2.08. The maximum Gasteiger partial charge on any atom is 0.417 e. The Hall–Kier alpha value is -1.46. The summed E-state index contributed by atoms with van der Waals surface area (Å²) in [6, 6.07) is 2.37. The summed E-state index contributed by atoms with van der Waals surface area (Å²) in [5.41, 5.74) is -2.20. The Bertz CT molecular complexity index is 331. The van der Waals surface area contributed by atoms with Gasteiger partial charge in [-0.15, -0.1) is 0 Å². The van der Waals surface area contributed by atoms with E-state index in [1.165, 1.54) is 0 Å². The summed E-state index contributed by atoms with van der Waals surface area (Å²) in [4.78, 5) is 10.2. The molecule has 0 spiro atoms. The van der Waals surface area contributed by atoms with Gasteiger partial charge in [0.1, 0.15) is 5.82 Å². The van der Waals surface area contributed by atoms with Gasteiger partial charge in [0.05, 0.1) is 11.1 Å². The molecule has 0 bridgehead atoms. The van der Waals surface area contributed by atoms with Gasteiger partial charge in [0.15, 0.2) is 6.29 Å². The van der Waals surface area contributed by atoms with E-state index in [9.17, 15) is 22.4 Å². The van der Waals surface area contributed by atoms with Gasteiger partial charge in [0.25, 0.3) is 0 Å². The highest BCUT2D eigenvalue weighted by Crippen LogP contribution is 2.31. The van der Waals surface area contributed by atoms with Gasteiger partial charge in [-0.05, 0) is 12.1 Å². The van der Waals surface area contributed by atoms with E-state index in [1.807, 2.05) is 0 Å². The number of hydrogen-bond acceptors (Lipinski definition) is 1. The predicted molar refractivity (Wildman–Crippen MR) is 39.3 cm³/mol. The molecule has 0 aliphatic carbocycles. The third-order valence-corrected chi connectivity index (χ3v) is 1.48. The molecule has 0 radical (unpaired) electrons. The van der Waals surface area contributed by atoms with Crippen molar-refractivity contribution < 1.29 is 27.1 Å². The Morgan fingerprint density at radius 2 is 1.79 bits per heavy atom. The SMILES string of the molecule is F.O=Cc1c(F)cccc1C(F)(F)F. The second kappa shape index (κ2) is 4.17. The summed E-state index contributed by atoms with van der Waals surface area (Å²) in [5, 5.41) is 0. The summed E-state index contributed by atoms with van der Waals surface area (Å²) in [5.74, 6) is -1.16. The van der Waals surface area contributed by atoms with Gasteiger partial charge in [-0.25, -0.2) is 4.39 Å². The zero-order valence-electron chi connectivity index (χ0n) is 6.64. The van der Waals surface area contributed by atoms with Gasteiger partial charge < -0.3 is 0 Å². The molecule has 0 saturated carbocycles. The Morgan fingerprint density at radius 1 is 1.21 bits per heavy atom. The zero-order chi connectivity index (χ0) is 10.1. The van der Waals surface area contributed by atoms with Crippen molar-refractivity contribution in [3.05, 3.63) is 35.1 Å². The van der Waals surface area contributed by atoms with E-state index >= 15 is 0 Å². The number of alkyl halides is 3. The molecule has 0 aromatic heterocycles. The van der Waals surface area contributed by atoms with Crippen LogP contribution in [0.2, 0.25) is 0 Å². The topological polar surface area (TPSA) is 17.1 Å². The minimum atomic E-state index is -4.70. The van der Waals surface area contributed by atoms with Crippen LogP contribution < -0.4 is 0 Å². The normalized spacial score (nSPS) is 10.6. The van der Waals surface area contributed by atoms with Crippen LogP contribution in [0.5, 0.6) is 0 Å². The molecule has 0 N–H and O–H groups in total. The van der Waals surface area contributed by atoms with E-state index in [-0.39, 0.29) is 11.0 Å². The van der Waals surface area contributed by atoms with Gasteiger partial charge in [-0.2, -0.15) is 13.2 Å². The lowest BCUT2D eigenvalue weighted by molar-refractivity contribution is -0.138. The quantitative estimate of drug-likeness (QED) is 0.516. The van der Waals surface area contributed by atoms with E-state index < -0.39 is 23.1 Å². The average molecular weight is 212 g/mol. The number of carbonyl (C=O) groups is 1. The van der Waals surface area contributed by atoms with Gasteiger partial charge in [0.2, 0.25) is 0 Å².